The van der Waals surface area contributed by atoms with E-state index >= 15 is 0 Å². The molecule has 1 fully saturated rings. The van der Waals surface area contributed by atoms with E-state index < -0.39 is 0 Å². The van der Waals surface area contributed by atoms with Gasteiger partial charge in [-0.25, -0.2) is 4.79 Å². The second-order valence-electron chi connectivity index (χ2n) is 8.46. The van der Waals surface area contributed by atoms with Gasteiger partial charge >= 0.3 is 6.03 Å². The lowest BCUT2D eigenvalue weighted by atomic mass is 10.0. The van der Waals surface area contributed by atoms with Crippen LogP contribution in [-0.4, -0.2) is 49.2 Å². The molecule has 3 rings (SSSR count). The number of amides is 3. The Hall–Kier alpha value is -3.06. The van der Waals surface area contributed by atoms with Gasteiger partial charge < -0.3 is 25.0 Å². The van der Waals surface area contributed by atoms with Gasteiger partial charge in [0, 0.05) is 30.8 Å². The van der Waals surface area contributed by atoms with E-state index in [2.05, 4.69) is 10.6 Å². The van der Waals surface area contributed by atoms with Crippen molar-refractivity contribution < 1.29 is 19.1 Å². The van der Waals surface area contributed by atoms with Gasteiger partial charge in [0.25, 0.3) is 5.91 Å². The molecule has 7 heteroatoms. The number of morpholine rings is 1. The van der Waals surface area contributed by atoms with Crippen LogP contribution in [0.4, 0.5) is 4.79 Å². The molecule has 2 aromatic carbocycles. The van der Waals surface area contributed by atoms with Gasteiger partial charge in [-0.1, -0.05) is 29.8 Å². The van der Waals surface area contributed by atoms with E-state index in [0.717, 1.165) is 22.4 Å². The normalized spacial score (nSPS) is 19.2. The first-order valence-electron chi connectivity index (χ1n) is 11.0. The number of aryl methyl sites for hydroxylation is 1. The summed E-state index contributed by atoms with van der Waals surface area (Å²) < 4.78 is 11.1. The number of carbonyl (C=O) groups excluding carboxylic acids is 2. The summed E-state index contributed by atoms with van der Waals surface area (Å²) >= 11 is 0. The summed E-state index contributed by atoms with van der Waals surface area (Å²) in [5.41, 5.74) is 3.59. The summed E-state index contributed by atoms with van der Waals surface area (Å²) in [5, 5.41) is 5.82. The van der Waals surface area contributed by atoms with E-state index in [9.17, 15) is 9.59 Å². The first kappa shape index (κ1) is 23.6. The number of carbonyl (C=O) groups is 2. The summed E-state index contributed by atoms with van der Waals surface area (Å²) in [7, 11) is 1.62. The van der Waals surface area contributed by atoms with Crippen LogP contribution in [0.25, 0.3) is 0 Å². The lowest BCUT2D eigenvalue weighted by Crippen LogP contribution is -2.48. The molecule has 0 aromatic heterocycles. The Bertz CT molecular complexity index is 935. The highest BCUT2D eigenvalue weighted by atomic mass is 16.5. The number of rotatable bonds is 6. The molecular formula is C25H33N3O4. The molecule has 3 atom stereocenters. The van der Waals surface area contributed by atoms with E-state index in [1.54, 1.807) is 7.11 Å². The number of benzene rings is 2. The average Bonchev–Trinajstić information content (AvgIpc) is 2.76. The standard InChI is InChI=1S/C25H33N3O4/c1-16-6-11-23(31-5)22(12-16)19(4)27-25(30)26-13-20-7-9-21(10-8-20)24(29)28-14-17(2)32-18(3)15-28/h6-12,17-19H,13-15H2,1-5H3,(H2,26,27,30). The lowest BCUT2D eigenvalue weighted by molar-refractivity contribution is -0.0586. The number of urea groups is 1. The largest absolute Gasteiger partial charge is 0.496 e. The molecule has 1 aliphatic rings. The van der Waals surface area contributed by atoms with Crippen LogP contribution in [0.5, 0.6) is 5.75 Å². The van der Waals surface area contributed by atoms with Crippen molar-refractivity contribution in [1.29, 1.82) is 0 Å². The third-order valence-electron chi connectivity index (χ3n) is 5.56. The Balaban J connectivity index is 1.53. The van der Waals surface area contributed by atoms with Gasteiger partial charge in [-0.15, -0.1) is 0 Å². The molecule has 3 amide bonds. The molecule has 3 unspecified atom stereocenters. The van der Waals surface area contributed by atoms with Crippen LogP contribution >= 0.6 is 0 Å². The topological polar surface area (TPSA) is 79.9 Å². The molecule has 172 valence electrons. The van der Waals surface area contributed by atoms with Crippen molar-refractivity contribution in [3.63, 3.8) is 0 Å². The molecule has 7 nitrogen and oxygen atoms in total. The van der Waals surface area contributed by atoms with Crippen molar-refractivity contribution in [3.05, 3.63) is 64.7 Å². The highest BCUT2D eigenvalue weighted by Gasteiger charge is 2.26. The minimum atomic E-state index is -0.266. The van der Waals surface area contributed by atoms with Crippen LogP contribution in [0.15, 0.2) is 42.5 Å². The maximum atomic E-state index is 12.8. The van der Waals surface area contributed by atoms with Gasteiger partial charge in [0.05, 0.1) is 25.4 Å². The number of nitrogens with zero attached hydrogens (tertiary/aromatic N) is 1. The number of methoxy groups -OCH3 is 1. The number of ether oxygens (including phenoxy) is 2. The van der Waals surface area contributed by atoms with E-state index in [-0.39, 0.29) is 30.2 Å². The van der Waals surface area contributed by atoms with Gasteiger partial charge in [0.1, 0.15) is 5.75 Å². The van der Waals surface area contributed by atoms with Crippen molar-refractivity contribution in [2.24, 2.45) is 0 Å². The summed E-state index contributed by atoms with van der Waals surface area (Å²) in [6, 6.07) is 12.8. The molecular weight excluding hydrogens is 406 g/mol. The van der Waals surface area contributed by atoms with Crippen LogP contribution in [0.3, 0.4) is 0 Å². The molecule has 1 heterocycles. The first-order chi connectivity index (χ1) is 15.3. The van der Waals surface area contributed by atoms with Crippen LogP contribution in [0.1, 0.15) is 53.9 Å². The van der Waals surface area contributed by atoms with Crippen LogP contribution < -0.4 is 15.4 Å². The Labute approximate surface area is 190 Å². The minimum Gasteiger partial charge on any atom is -0.496 e. The summed E-state index contributed by atoms with van der Waals surface area (Å²) in [4.78, 5) is 27.0. The maximum absolute atomic E-state index is 12.8. The second kappa shape index (κ2) is 10.5. The zero-order valence-electron chi connectivity index (χ0n) is 19.5. The van der Waals surface area contributed by atoms with E-state index in [4.69, 9.17) is 9.47 Å². The molecule has 1 saturated heterocycles. The Morgan fingerprint density at radius 3 is 2.41 bits per heavy atom. The number of nitrogens with one attached hydrogen (secondary N) is 2. The smallest absolute Gasteiger partial charge is 0.315 e. The van der Waals surface area contributed by atoms with E-state index in [1.807, 2.05) is 75.1 Å². The number of hydrogen-bond donors (Lipinski definition) is 2. The van der Waals surface area contributed by atoms with Crippen molar-refractivity contribution >= 4 is 11.9 Å². The molecule has 0 spiro atoms. The van der Waals surface area contributed by atoms with Gasteiger partial charge in [-0.2, -0.15) is 0 Å². The highest BCUT2D eigenvalue weighted by Crippen LogP contribution is 2.26. The quantitative estimate of drug-likeness (QED) is 0.717. The third-order valence-corrected chi connectivity index (χ3v) is 5.56. The molecule has 2 N–H and O–H groups in total. The molecule has 0 radical (unpaired) electrons. The van der Waals surface area contributed by atoms with Crippen molar-refractivity contribution in [2.45, 2.75) is 52.5 Å². The predicted octanol–water partition coefficient (Wildman–Crippen LogP) is 3.81. The average molecular weight is 440 g/mol. The van der Waals surface area contributed by atoms with E-state index in [1.165, 1.54) is 0 Å². The Kier molecular flexibility index (Phi) is 7.75. The second-order valence-corrected chi connectivity index (χ2v) is 8.46. The predicted molar refractivity (Wildman–Crippen MR) is 124 cm³/mol. The fraction of sp³-hybridized carbons (Fsp3) is 0.440. The molecule has 2 aromatic rings. The van der Waals surface area contributed by atoms with Gasteiger partial charge in [-0.3, -0.25) is 4.79 Å². The van der Waals surface area contributed by atoms with Crippen LogP contribution in [0, 0.1) is 6.92 Å². The minimum absolute atomic E-state index is 0.00480. The SMILES string of the molecule is COc1ccc(C)cc1C(C)NC(=O)NCc1ccc(C(=O)N2CC(C)OC(C)C2)cc1. The maximum Gasteiger partial charge on any atom is 0.315 e. The monoisotopic (exact) mass is 439 g/mol. The first-order valence-corrected chi connectivity index (χ1v) is 11.0. The van der Waals surface area contributed by atoms with Gasteiger partial charge in [-0.05, 0) is 51.5 Å². The molecule has 0 saturated carbocycles. The summed E-state index contributed by atoms with van der Waals surface area (Å²) in [6.07, 6.45) is 0.0682. The van der Waals surface area contributed by atoms with Crippen LogP contribution in [-0.2, 0) is 11.3 Å². The van der Waals surface area contributed by atoms with Gasteiger partial charge in [0.2, 0.25) is 0 Å². The van der Waals surface area contributed by atoms with Crippen molar-refractivity contribution in [2.75, 3.05) is 20.2 Å². The Morgan fingerprint density at radius 1 is 1.12 bits per heavy atom. The molecule has 0 aliphatic carbocycles. The molecule has 0 bridgehead atoms. The van der Waals surface area contributed by atoms with Gasteiger partial charge in [0.15, 0.2) is 0 Å². The van der Waals surface area contributed by atoms with E-state index in [0.29, 0.717) is 25.2 Å². The fourth-order valence-electron chi connectivity index (χ4n) is 3.99. The fourth-order valence-corrected chi connectivity index (χ4v) is 3.99. The molecule has 1 aliphatic heterocycles. The van der Waals surface area contributed by atoms with Crippen molar-refractivity contribution in [3.8, 4) is 5.75 Å². The third kappa shape index (κ3) is 6.01. The lowest BCUT2D eigenvalue weighted by Gasteiger charge is -2.35. The zero-order chi connectivity index (χ0) is 23.3. The summed E-state index contributed by atoms with van der Waals surface area (Å²) in [6.45, 7) is 9.43. The molecule has 32 heavy (non-hydrogen) atoms. The Morgan fingerprint density at radius 2 is 1.78 bits per heavy atom. The summed E-state index contributed by atoms with van der Waals surface area (Å²) in [5.74, 6) is 0.748. The van der Waals surface area contributed by atoms with Crippen LogP contribution in [0.2, 0.25) is 0 Å². The van der Waals surface area contributed by atoms with Crippen molar-refractivity contribution in [1.82, 2.24) is 15.5 Å². The zero-order valence-corrected chi connectivity index (χ0v) is 19.5. The number of hydrogen-bond acceptors (Lipinski definition) is 4. The highest BCUT2D eigenvalue weighted by molar-refractivity contribution is 5.94.